The largest absolute Gasteiger partial charge is 0.355 e. The van der Waals surface area contributed by atoms with Crippen LogP contribution in [-0.2, 0) is 4.79 Å². The lowest BCUT2D eigenvalue weighted by Gasteiger charge is -2.02. The minimum atomic E-state index is 0.0320. The first-order valence-corrected chi connectivity index (χ1v) is 6.49. The van der Waals surface area contributed by atoms with Crippen molar-refractivity contribution < 1.29 is 4.79 Å². The maximum atomic E-state index is 11.4. The number of hydrogen-bond acceptors (Lipinski definition) is 4. The molecule has 0 spiro atoms. The van der Waals surface area contributed by atoms with Crippen molar-refractivity contribution in [1.29, 1.82) is 0 Å². The van der Waals surface area contributed by atoms with Crippen LogP contribution >= 0.6 is 11.8 Å². The second-order valence-corrected chi connectivity index (χ2v) is 4.49. The molecule has 0 atom stereocenters. The summed E-state index contributed by atoms with van der Waals surface area (Å²) in [5.74, 6) is 0.403. The van der Waals surface area contributed by atoms with E-state index < -0.39 is 0 Å². The molecule has 17 heavy (non-hydrogen) atoms. The molecule has 0 saturated carbocycles. The van der Waals surface area contributed by atoms with E-state index in [4.69, 9.17) is 0 Å². The van der Waals surface area contributed by atoms with Crippen molar-refractivity contribution in [2.45, 2.75) is 18.5 Å². The van der Waals surface area contributed by atoms with E-state index in [1.807, 2.05) is 35.7 Å². The molecule has 0 aromatic carbocycles. The summed E-state index contributed by atoms with van der Waals surface area (Å²) in [5.41, 5.74) is 0.795. The van der Waals surface area contributed by atoms with E-state index in [0.717, 1.165) is 23.8 Å². The Hall–Kier alpha value is -1.56. The molecule has 0 aliphatic carbocycles. The van der Waals surface area contributed by atoms with E-state index in [9.17, 15) is 4.79 Å². The van der Waals surface area contributed by atoms with Gasteiger partial charge in [-0.25, -0.2) is 0 Å². The fourth-order valence-electron chi connectivity index (χ4n) is 1.36. The molecule has 0 unspecified atom stereocenters. The van der Waals surface area contributed by atoms with Crippen molar-refractivity contribution in [2.75, 3.05) is 12.3 Å². The molecule has 1 amide bonds. The molecular weight excluding hydrogens is 236 g/mol. The summed E-state index contributed by atoms with van der Waals surface area (Å²) >= 11 is 1.39. The zero-order chi connectivity index (χ0) is 12.1. The van der Waals surface area contributed by atoms with Gasteiger partial charge in [0.15, 0.2) is 10.8 Å². The Kier molecular flexibility index (Phi) is 3.98. The first-order valence-electron chi connectivity index (χ1n) is 5.50. The molecule has 2 aromatic rings. The van der Waals surface area contributed by atoms with Gasteiger partial charge >= 0.3 is 0 Å². The Labute approximate surface area is 104 Å². The van der Waals surface area contributed by atoms with E-state index in [1.165, 1.54) is 11.8 Å². The van der Waals surface area contributed by atoms with Crippen molar-refractivity contribution in [2.24, 2.45) is 0 Å². The van der Waals surface area contributed by atoms with Crippen molar-refractivity contribution in [3.63, 3.8) is 0 Å². The van der Waals surface area contributed by atoms with Gasteiger partial charge in [0.25, 0.3) is 0 Å². The van der Waals surface area contributed by atoms with Crippen LogP contribution in [0, 0.1) is 0 Å². The predicted octanol–water partition coefficient (Wildman–Crippen LogP) is 1.35. The van der Waals surface area contributed by atoms with Crippen LogP contribution in [0.5, 0.6) is 0 Å². The van der Waals surface area contributed by atoms with Gasteiger partial charge in [0.1, 0.15) is 0 Å². The topological polar surface area (TPSA) is 59.3 Å². The van der Waals surface area contributed by atoms with E-state index in [-0.39, 0.29) is 5.91 Å². The zero-order valence-corrected chi connectivity index (χ0v) is 10.4. The lowest BCUT2D eigenvalue weighted by molar-refractivity contribution is -0.118. The second kappa shape index (κ2) is 5.67. The summed E-state index contributed by atoms with van der Waals surface area (Å²) in [5, 5.41) is 11.6. The molecule has 0 radical (unpaired) electrons. The van der Waals surface area contributed by atoms with Crippen molar-refractivity contribution in [1.82, 2.24) is 19.9 Å². The number of hydrogen-bond donors (Lipinski definition) is 1. The summed E-state index contributed by atoms with van der Waals surface area (Å²) < 4.78 is 1.87. The Bertz CT molecular complexity index is 511. The number of rotatable bonds is 5. The van der Waals surface area contributed by atoms with Gasteiger partial charge in [-0.05, 0) is 18.6 Å². The van der Waals surface area contributed by atoms with Gasteiger partial charge in [-0.3, -0.25) is 9.20 Å². The standard InChI is InChI=1S/C11H14N4OS/c1-2-6-12-10(16)8-17-11-14-13-9-5-3-4-7-15(9)11/h3-5,7H,2,6,8H2,1H3,(H,12,16). The molecule has 2 rings (SSSR count). The molecule has 0 aliphatic rings. The van der Waals surface area contributed by atoms with E-state index >= 15 is 0 Å². The molecule has 90 valence electrons. The van der Waals surface area contributed by atoms with Gasteiger partial charge in [-0.1, -0.05) is 24.8 Å². The number of carbonyl (C=O) groups excluding carboxylic acids is 1. The third-order valence-electron chi connectivity index (χ3n) is 2.19. The van der Waals surface area contributed by atoms with Crippen molar-refractivity contribution >= 4 is 23.3 Å². The lowest BCUT2D eigenvalue weighted by Crippen LogP contribution is -2.25. The van der Waals surface area contributed by atoms with Gasteiger partial charge in [0.2, 0.25) is 5.91 Å². The van der Waals surface area contributed by atoms with Crippen LogP contribution in [0.2, 0.25) is 0 Å². The number of thioether (sulfide) groups is 1. The van der Waals surface area contributed by atoms with E-state index in [1.54, 1.807) is 0 Å². The number of fused-ring (bicyclic) bond motifs is 1. The van der Waals surface area contributed by atoms with Crippen LogP contribution in [0.4, 0.5) is 0 Å². The van der Waals surface area contributed by atoms with Crippen LogP contribution in [0.15, 0.2) is 29.6 Å². The SMILES string of the molecule is CCCNC(=O)CSc1nnc2ccccn12. The Balaban J connectivity index is 1.97. The highest BCUT2D eigenvalue weighted by atomic mass is 32.2. The van der Waals surface area contributed by atoms with Crippen LogP contribution < -0.4 is 5.32 Å². The van der Waals surface area contributed by atoms with E-state index in [0.29, 0.717) is 5.75 Å². The highest BCUT2D eigenvalue weighted by molar-refractivity contribution is 7.99. The second-order valence-electron chi connectivity index (χ2n) is 3.55. The third-order valence-corrected chi connectivity index (χ3v) is 3.13. The zero-order valence-electron chi connectivity index (χ0n) is 9.59. The van der Waals surface area contributed by atoms with Crippen LogP contribution in [0.3, 0.4) is 0 Å². The highest BCUT2D eigenvalue weighted by Gasteiger charge is 2.07. The number of nitrogens with zero attached hydrogens (tertiary/aromatic N) is 3. The summed E-state index contributed by atoms with van der Waals surface area (Å²) in [6, 6.07) is 5.71. The summed E-state index contributed by atoms with van der Waals surface area (Å²) in [6.07, 6.45) is 2.84. The molecule has 5 nitrogen and oxygen atoms in total. The van der Waals surface area contributed by atoms with Gasteiger partial charge in [-0.2, -0.15) is 0 Å². The lowest BCUT2D eigenvalue weighted by atomic mass is 10.5. The highest BCUT2D eigenvalue weighted by Crippen LogP contribution is 2.15. The first-order chi connectivity index (χ1) is 8.31. The average Bonchev–Trinajstić information content (AvgIpc) is 2.77. The number of pyridine rings is 1. The predicted molar refractivity (Wildman–Crippen MR) is 67.0 cm³/mol. The normalized spacial score (nSPS) is 10.6. The van der Waals surface area contributed by atoms with E-state index in [2.05, 4.69) is 15.5 Å². The molecule has 1 N–H and O–H groups in total. The Morgan fingerprint density at radius 1 is 1.47 bits per heavy atom. The first kappa shape index (κ1) is 11.9. The molecular formula is C11H14N4OS. The molecule has 2 aromatic heterocycles. The number of nitrogens with one attached hydrogen (secondary N) is 1. The van der Waals surface area contributed by atoms with Gasteiger partial charge in [-0.15, -0.1) is 10.2 Å². The average molecular weight is 250 g/mol. The maximum absolute atomic E-state index is 11.4. The van der Waals surface area contributed by atoms with Crippen LogP contribution in [-0.4, -0.2) is 32.8 Å². The molecule has 2 heterocycles. The fourth-order valence-corrected chi connectivity index (χ4v) is 2.12. The van der Waals surface area contributed by atoms with Crippen LogP contribution in [0.1, 0.15) is 13.3 Å². The number of carbonyl (C=O) groups is 1. The minimum absolute atomic E-state index is 0.0320. The Morgan fingerprint density at radius 2 is 2.35 bits per heavy atom. The molecule has 0 saturated heterocycles. The van der Waals surface area contributed by atoms with Gasteiger partial charge in [0.05, 0.1) is 5.75 Å². The summed E-state index contributed by atoms with van der Waals surface area (Å²) in [4.78, 5) is 11.4. The monoisotopic (exact) mass is 250 g/mol. The van der Waals surface area contributed by atoms with Crippen LogP contribution in [0.25, 0.3) is 5.65 Å². The maximum Gasteiger partial charge on any atom is 0.230 e. The Morgan fingerprint density at radius 3 is 3.18 bits per heavy atom. The number of amides is 1. The third kappa shape index (κ3) is 2.97. The molecule has 6 heteroatoms. The van der Waals surface area contributed by atoms with Crippen molar-refractivity contribution in [3.8, 4) is 0 Å². The summed E-state index contributed by atoms with van der Waals surface area (Å²) in [7, 11) is 0. The number of aromatic nitrogens is 3. The minimum Gasteiger partial charge on any atom is -0.355 e. The van der Waals surface area contributed by atoms with Crippen molar-refractivity contribution in [3.05, 3.63) is 24.4 Å². The fraction of sp³-hybridized carbons (Fsp3) is 0.364. The van der Waals surface area contributed by atoms with Gasteiger partial charge < -0.3 is 5.32 Å². The molecule has 0 bridgehead atoms. The molecule has 0 fully saturated rings. The quantitative estimate of drug-likeness (QED) is 0.814. The van der Waals surface area contributed by atoms with Gasteiger partial charge in [0, 0.05) is 12.7 Å². The smallest absolute Gasteiger partial charge is 0.230 e. The summed E-state index contributed by atoms with van der Waals surface area (Å²) in [6.45, 7) is 2.75. The molecule has 0 aliphatic heterocycles.